The van der Waals surface area contributed by atoms with Gasteiger partial charge in [0.05, 0.1) is 0 Å². The summed E-state index contributed by atoms with van der Waals surface area (Å²) in [4.78, 5) is 21.7. The summed E-state index contributed by atoms with van der Waals surface area (Å²) in [5, 5.41) is 17.7. The summed E-state index contributed by atoms with van der Waals surface area (Å²) in [6, 6.07) is 6.70. The van der Waals surface area contributed by atoms with Gasteiger partial charge in [-0.25, -0.2) is 0 Å². The molecule has 0 aliphatic carbocycles. The maximum absolute atomic E-state index is 10.8. The monoisotopic (exact) mass is 582 g/mol. The van der Waals surface area contributed by atoms with E-state index in [1.165, 1.54) is 0 Å². The Balaban J connectivity index is 0. The van der Waals surface area contributed by atoms with Gasteiger partial charge in [-0.05, 0) is 17.5 Å². The summed E-state index contributed by atoms with van der Waals surface area (Å²) in [7, 11) is 0. The molecule has 0 heterocycles. The third-order valence-corrected chi connectivity index (χ3v) is 2.24. The number of hydrogen-bond donors (Lipinski definition) is 2. The topological polar surface area (TPSA) is 74.6 Å². The molecule has 0 saturated carbocycles. The van der Waals surface area contributed by atoms with Crippen LogP contribution in [0.15, 0.2) is 24.3 Å². The van der Waals surface area contributed by atoms with Gasteiger partial charge >= 0.3 is 11.9 Å². The minimum Gasteiger partial charge on any atom is -0.480 e. The second-order valence-corrected chi connectivity index (χ2v) is 3.16. The van der Waals surface area contributed by atoms with Gasteiger partial charge in [0, 0.05) is 40.8 Å². The fourth-order valence-corrected chi connectivity index (χ4v) is 1.51. The second-order valence-electron chi connectivity index (χ2n) is 3.16. The molecular formula is C11H12O4Re2. The average molecular weight is 581 g/mol. The van der Waals surface area contributed by atoms with Crippen molar-refractivity contribution in [2.24, 2.45) is 0 Å². The molecule has 0 aliphatic heterocycles. The van der Waals surface area contributed by atoms with E-state index in [4.69, 9.17) is 10.2 Å². The maximum atomic E-state index is 10.8. The Hall–Kier alpha value is -0.515. The van der Waals surface area contributed by atoms with E-state index in [9.17, 15) is 9.59 Å². The summed E-state index contributed by atoms with van der Waals surface area (Å²) in [5.74, 6) is -4.13. The van der Waals surface area contributed by atoms with Crippen LogP contribution in [-0.2, 0) is 56.9 Å². The third kappa shape index (κ3) is 4.70. The standard InChI is InChI=1S/C11H12O4.2Re/c1-2-7-5-3-4-6-8(7)9(10(12)13)11(14)15;;/h3-6,9H,2H2,1H3,(H,12,13)(H,14,15);;. The average Bonchev–Trinajstić information content (AvgIpc) is 2.17. The molecule has 1 aromatic rings. The van der Waals surface area contributed by atoms with Crippen LogP contribution < -0.4 is 0 Å². The van der Waals surface area contributed by atoms with E-state index in [0.717, 1.165) is 5.56 Å². The summed E-state index contributed by atoms with van der Waals surface area (Å²) in [6.07, 6.45) is 0.618. The van der Waals surface area contributed by atoms with Crippen molar-refractivity contribution in [1.82, 2.24) is 0 Å². The Morgan fingerprint density at radius 1 is 1.12 bits per heavy atom. The van der Waals surface area contributed by atoms with Gasteiger partial charge < -0.3 is 10.2 Å². The first-order chi connectivity index (χ1) is 7.07. The van der Waals surface area contributed by atoms with Crippen molar-refractivity contribution >= 4 is 11.9 Å². The Kier molecular flexibility index (Phi) is 9.48. The largest absolute Gasteiger partial charge is 0.480 e. The van der Waals surface area contributed by atoms with Gasteiger partial charge in [-0.3, -0.25) is 9.59 Å². The van der Waals surface area contributed by atoms with E-state index in [-0.39, 0.29) is 40.8 Å². The first kappa shape index (κ1) is 18.8. The summed E-state index contributed by atoms with van der Waals surface area (Å²) >= 11 is 0. The Morgan fingerprint density at radius 3 is 2.00 bits per heavy atom. The van der Waals surface area contributed by atoms with Crippen LogP contribution in [-0.4, -0.2) is 22.2 Å². The predicted molar refractivity (Wildman–Crippen MR) is 53.8 cm³/mol. The quantitative estimate of drug-likeness (QED) is 0.530. The molecule has 0 fully saturated rings. The molecule has 94 valence electrons. The minimum atomic E-state index is -1.47. The van der Waals surface area contributed by atoms with Crippen LogP contribution >= 0.6 is 0 Å². The Bertz CT molecular complexity index is 379. The molecule has 1 aromatic carbocycles. The predicted octanol–water partition coefficient (Wildman–Crippen LogP) is 1.50. The number of rotatable bonds is 4. The van der Waals surface area contributed by atoms with E-state index < -0.39 is 17.9 Å². The molecule has 0 spiro atoms. The second kappa shape index (κ2) is 8.56. The molecule has 0 atom stereocenters. The zero-order chi connectivity index (χ0) is 11.4. The molecule has 2 radical (unpaired) electrons. The van der Waals surface area contributed by atoms with Gasteiger partial charge in [-0.15, -0.1) is 0 Å². The number of aryl methyl sites for hydroxylation is 1. The Labute approximate surface area is 127 Å². The van der Waals surface area contributed by atoms with E-state index in [2.05, 4.69) is 0 Å². The van der Waals surface area contributed by atoms with Crippen molar-refractivity contribution in [2.75, 3.05) is 0 Å². The summed E-state index contributed by atoms with van der Waals surface area (Å²) in [6.45, 7) is 1.86. The zero-order valence-electron chi connectivity index (χ0n) is 9.06. The molecule has 17 heavy (non-hydrogen) atoms. The van der Waals surface area contributed by atoms with Crippen LogP contribution in [0, 0.1) is 0 Å². The normalized spacial score (nSPS) is 9.06. The van der Waals surface area contributed by atoms with Gasteiger partial charge in [-0.2, -0.15) is 0 Å². The minimum absolute atomic E-state index is 0. The smallest absolute Gasteiger partial charge is 0.322 e. The first-order valence-electron chi connectivity index (χ1n) is 4.61. The SMILES string of the molecule is CCc1ccccc1C(C(=O)O)C(=O)O.[Re].[Re]. The third-order valence-electron chi connectivity index (χ3n) is 2.24. The molecule has 1 rings (SSSR count). The van der Waals surface area contributed by atoms with Gasteiger partial charge in [-0.1, -0.05) is 31.2 Å². The fraction of sp³-hybridized carbons (Fsp3) is 0.273. The number of hydrogen-bond acceptors (Lipinski definition) is 2. The Morgan fingerprint density at radius 2 is 1.59 bits per heavy atom. The molecule has 0 aromatic heterocycles. The number of carboxylic acid groups (broad SMARTS) is 2. The van der Waals surface area contributed by atoms with Crippen molar-refractivity contribution < 1.29 is 60.6 Å². The van der Waals surface area contributed by atoms with Crippen LogP contribution in [0.2, 0.25) is 0 Å². The van der Waals surface area contributed by atoms with E-state index in [1.54, 1.807) is 24.3 Å². The number of carbonyl (C=O) groups is 2. The molecule has 0 amide bonds. The van der Waals surface area contributed by atoms with Gasteiger partial charge in [0.15, 0.2) is 5.92 Å². The van der Waals surface area contributed by atoms with Crippen LogP contribution in [0.25, 0.3) is 0 Å². The van der Waals surface area contributed by atoms with Gasteiger partial charge in [0.1, 0.15) is 0 Å². The number of benzene rings is 1. The van der Waals surface area contributed by atoms with Crippen molar-refractivity contribution in [3.05, 3.63) is 35.4 Å². The van der Waals surface area contributed by atoms with Gasteiger partial charge in [0.25, 0.3) is 0 Å². The van der Waals surface area contributed by atoms with Gasteiger partial charge in [0.2, 0.25) is 0 Å². The van der Waals surface area contributed by atoms with Crippen molar-refractivity contribution in [1.29, 1.82) is 0 Å². The summed E-state index contributed by atoms with van der Waals surface area (Å²) in [5.41, 5.74) is 1.12. The van der Waals surface area contributed by atoms with Crippen molar-refractivity contribution in [3.8, 4) is 0 Å². The molecule has 0 bridgehead atoms. The molecule has 0 saturated heterocycles. The molecule has 2 N–H and O–H groups in total. The molecular weight excluding hydrogens is 569 g/mol. The van der Waals surface area contributed by atoms with Crippen molar-refractivity contribution in [2.45, 2.75) is 19.3 Å². The maximum Gasteiger partial charge on any atom is 0.322 e. The first-order valence-corrected chi connectivity index (χ1v) is 4.61. The number of carboxylic acids is 2. The van der Waals surface area contributed by atoms with E-state index in [0.29, 0.717) is 12.0 Å². The molecule has 0 aliphatic rings. The van der Waals surface area contributed by atoms with Crippen LogP contribution in [0.1, 0.15) is 24.0 Å². The van der Waals surface area contributed by atoms with Crippen LogP contribution in [0.3, 0.4) is 0 Å². The fourth-order valence-electron chi connectivity index (χ4n) is 1.51. The van der Waals surface area contributed by atoms with E-state index in [1.807, 2.05) is 6.92 Å². The van der Waals surface area contributed by atoms with Crippen LogP contribution in [0.4, 0.5) is 0 Å². The van der Waals surface area contributed by atoms with Crippen LogP contribution in [0.5, 0.6) is 0 Å². The van der Waals surface area contributed by atoms with Crippen molar-refractivity contribution in [3.63, 3.8) is 0 Å². The number of aliphatic carboxylic acids is 2. The molecule has 4 nitrogen and oxygen atoms in total. The zero-order valence-corrected chi connectivity index (χ0v) is 14.5. The van der Waals surface area contributed by atoms with E-state index >= 15 is 0 Å². The molecule has 6 heteroatoms. The summed E-state index contributed by atoms with van der Waals surface area (Å²) < 4.78 is 0. The molecule has 0 unspecified atom stereocenters.